The van der Waals surface area contributed by atoms with Crippen LogP contribution in [0.5, 0.6) is 0 Å². The van der Waals surface area contributed by atoms with Crippen LogP contribution in [0.2, 0.25) is 0 Å². The van der Waals surface area contributed by atoms with Gasteiger partial charge in [-0.2, -0.15) is 9.57 Å². The van der Waals surface area contributed by atoms with E-state index in [2.05, 4.69) is 0 Å². The molecule has 2 rings (SSSR count). The monoisotopic (exact) mass is 242 g/mol. The Balaban J connectivity index is 2.42. The smallest absolute Gasteiger partial charge is 0.207 e. The van der Waals surface area contributed by atoms with Crippen LogP contribution in [0.4, 0.5) is 0 Å². The summed E-state index contributed by atoms with van der Waals surface area (Å²) in [5.41, 5.74) is 0. The van der Waals surface area contributed by atoms with Crippen molar-refractivity contribution in [3.63, 3.8) is 0 Å². The van der Waals surface area contributed by atoms with Crippen molar-refractivity contribution in [1.82, 2.24) is 4.31 Å². The summed E-state index contributed by atoms with van der Waals surface area (Å²) in [6.07, 6.45) is 1.82. The third kappa shape index (κ3) is 1.78. The van der Waals surface area contributed by atoms with Gasteiger partial charge in [-0.1, -0.05) is 0 Å². The standard InChI is InChI=1S/C9H10N2O2S2/c10-7-8-9(3-6-14-8)15(12,13)11-4-1-2-5-11/h3,6H,1-2,4-5H2. The van der Waals surface area contributed by atoms with Gasteiger partial charge in [-0.05, 0) is 24.3 Å². The van der Waals surface area contributed by atoms with Crippen LogP contribution in [-0.2, 0) is 10.0 Å². The molecule has 0 atom stereocenters. The molecule has 0 aromatic carbocycles. The van der Waals surface area contributed by atoms with Gasteiger partial charge < -0.3 is 0 Å². The SMILES string of the molecule is N#Cc1sccc1S(=O)(=O)N1CCCC1. The lowest BCUT2D eigenvalue weighted by Gasteiger charge is -2.14. The van der Waals surface area contributed by atoms with Crippen LogP contribution in [0.25, 0.3) is 0 Å². The summed E-state index contributed by atoms with van der Waals surface area (Å²) in [4.78, 5) is 0.443. The van der Waals surface area contributed by atoms with E-state index in [-0.39, 0.29) is 9.77 Å². The summed E-state index contributed by atoms with van der Waals surface area (Å²) in [5.74, 6) is 0. The zero-order valence-corrected chi connectivity index (χ0v) is 9.64. The minimum Gasteiger partial charge on any atom is -0.207 e. The molecular formula is C9H10N2O2S2. The minimum atomic E-state index is -3.42. The number of hydrogen-bond acceptors (Lipinski definition) is 4. The van der Waals surface area contributed by atoms with E-state index in [4.69, 9.17) is 5.26 Å². The Morgan fingerprint density at radius 1 is 1.40 bits per heavy atom. The van der Waals surface area contributed by atoms with Crippen LogP contribution in [0.3, 0.4) is 0 Å². The Hall–Kier alpha value is -0.900. The summed E-state index contributed by atoms with van der Waals surface area (Å²) in [6.45, 7) is 1.14. The highest BCUT2D eigenvalue weighted by Gasteiger charge is 2.29. The van der Waals surface area contributed by atoms with Gasteiger partial charge in [-0.25, -0.2) is 8.42 Å². The van der Waals surface area contributed by atoms with Crippen LogP contribution < -0.4 is 0 Å². The molecule has 1 aromatic rings. The minimum absolute atomic E-state index is 0.164. The van der Waals surface area contributed by atoms with Gasteiger partial charge in [0.25, 0.3) is 0 Å². The summed E-state index contributed by atoms with van der Waals surface area (Å²) >= 11 is 1.17. The molecule has 6 heteroatoms. The fourth-order valence-corrected chi connectivity index (χ4v) is 4.31. The molecule has 0 aliphatic carbocycles. The molecule has 1 aliphatic heterocycles. The van der Waals surface area contributed by atoms with Crippen LogP contribution in [0.15, 0.2) is 16.3 Å². The molecule has 2 heterocycles. The van der Waals surface area contributed by atoms with Gasteiger partial charge in [0.15, 0.2) is 0 Å². The summed E-state index contributed by atoms with van der Waals surface area (Å²) in [5, 5.41) is 10.4. The van der Waals surface area contributed by atoms with E-state index in [0.717, 1.165) is 12.8 Å². The topological polar surface area (TPSA) is 61.2 Å². The van der Waals surface area contributed by atoms with Gasteiger partial charge in [0.1, 0.15) is 15.8 Å². The van der Waals surface area contributed by atoms with Crippen molar-refractivity contribution < 1.29 is 8.42 Å². The number of rotatable bonds is 2. The van der Waals surface area contributed by atoms with Crippen LogP contribution in [0.1, 0.15) is 17.7 Å². The quantitative estimate of drug-likeness (QED) is 0.787. The number of hydrogen-bond donors (Lipinski definition) is 0. The Morgan fingerprint density at radius 3 is 2.67 bits per heavy atom. The van der Waals surface area contributed by atoms with Crippen LogP contribution >= 0.6 is 11.3 Å². The maximum absolute atomic E-state index is 12.1. The molecule has 0 N–H and O–H groups in total. The number of thiophene rings is 1. The van der Waals surface area contributed by atoms with E-state index in [9.17, 15) is 8.42 Å². The molecule has 1 aromatic heterocycles. The fraction of sp³-hybridized carbons (Fsp3) is 0.444. The average Bonchev–Trinajstić information content (AvgIpc) is 2.89. The first kappa shape index (κ1) is 10.6. The van der Waals surface area contributed by atoms with Gasteiger partial charge in [-0.3, -0.25) is 0 Å². The predicted octanol–water partition coefficient (Wildman–Crippen LogP) is 1.40. The molecular weight excluding hydrogens is 232 g/mol. The average molecular weight is 242 g/mol. The van der Waals surface area contributed by atoms with Gasteiger partial charge in [-0.15, -0.1) is 11.3 Å². The van der Waals surface area contributed by atoms with Gasteiger partial charge in [0.2, 0.25) is 10.0 Å². The van der Waals surface area contributed by atoms with Gasteiger partial charge in [0.05, 0.1) is 0 Å². The van der Waals surface area contributed by atoms with Crippen molar-refractivity contribution in [2.75, 3.05) is 13.1 Å². The van der Waals surface area contributed by atoms with Crippen molar-refractivity contribution in [3.05, 3.63) is 16.3 Å². The van der Waals surface area contributed by atoms with E-state index in [1.165, 1.54) is 21.7 Å². The number of nitriles is 1. The van der Waals surface area contributed by atoms with Crippen molar-refractivity contribution in [2.24, 2.45) is 0 Å². The van der Waals surface area contributed by atoms with Gasteiger partial charge >= 0.3 is 0 Å². The Labute approximate surface area is 92.8 Å². The van der Waals surface area contributed by atoms with Crippen molar-refractivity contribution in [2.45, 2.75) is 17.7 Å². The molecule has 1 aliphatic rings. The Morgan fingerprint density at radius 2 is 2.07 bits per heavy atom. The first-order valence-electron chi connectivity index (χ1n) is 4.64. The summed E-state index contributed by atoms with van der Waals surface area (Å²) in [6, 6.07) is 3.43. The lowest BCUT2D eigenvalue weighted by Crippen LogP contribution is -2.27. The lowest BCUT2D eigenvalue weighted by molar-refractivity contribution is 0.477. The molecule has 0 bridgehead atoms. The molecule has 0 saturated carbocycles. The molecule has 0 radical (unpaired) electrons. The third-order valence-corrected chi connectivity index (χ3v) is 5.30. The van der Waals surface area contributed by atoms with Gasteiger partial charge in [0, 0.05) is 13.1 Å². The highest BCUT2D eigenvalue weighted by Crippen LogP contribution is 2.26. The highest BCUT2D eigenvalue weighted by molar-refractivity contribution is 7.89. The second kappa shape index (κ2) is 3.93. The Kier molecular flexibility index (Phi) is 2.78. The van der Waals surface area contributed by atoms with E-state index in [1.807, 2.05) is 6.07 Å². The van der Waals surface area contributed by atoms with Crippen LogP contribution in [0, 0.1) is 11.3 Å². The third-order valence-electron chi connectivity index (χ3n) is 2.41. The van der Waals surface area contributed by atoms with E-state index in [0.29, 0.717) is 13.1 Å². The van der Waals surface area contributed by atoms with E-state index >= 15 is 0 Å². The normalized spacial score (nSPS) is 17.8. The highest BCUT2D eigenvalue weighted by atomic mass is 32.2. The largest absolute Gasteiger partial charge is 0.245 e. The molecule has 0 unspecified atom stereocenters. The van der Waals surface area contributed by atoms with Crippen LogP contribution in [-0.4, -0.2) is 25.8 Å². The molecule has 80 valence electrons. The fourth-order valence-electron chi connectivity index (χ4n) is 1.65. The zero-order valence-electron chi connectivity index (χ0n) is 8.01. The van der Waals surface area contributed by atoms with E-state index in [1.54, 1.807) is 5.38 Å². The molecule has 1 saturated heterocycles. The Bertz CT molecular complexity index is 492. The summed E-state index contributed by atoms with van der Waals surface area (Å²) in [7, 11) is -3.42. The predicted molar refractivity (Wildman–Crippen MR) is 57.0 cm³/mol. The van der Waals surface area contributed by atoms with Crippen molar-refractivity contribution in [1.29, 1.82) is 5.26 Å². The zero-order chi connectivity index (χ0) is 10.9. The second-order valence-corrected chi connectivity index (χ2v) is 6.16. The molecule has 0 amide bonds. The maximum Gasteiger partial charge on any atom is 0.245 e. The second-order valence-electron chi connectivity index (χ2n) is 3.34. The van der Waals surface area contributed by atoms with E-state index < -0.39 is 10.0 Å². The molecule has 0 spiro atoms. The molecule has 1 fully saturated rings. The van der Waals surface area contributed by atoms with Crippen molar-refractivity contribution >= 4 is 21.4 Å². The summed E-state index contributed by atoms with van der Waals surface area (Å²) < 4.78 is 25.6. The molecule has 4 nitrogen and oxygen atoms in total. The lowest BCUT2D eigenvalue weighted by atomic mass is 10.4. The first-order chi connectivity index (χ1) is 7.16. The first-order valence-corrected chi connectivity index (χ1v) is 6.96. The van der Waals surface area contributed by atoms with Crippen molar-refractivity contribution in [3.8, 4) is 6.07 Å². The number of sulfonamides is 1. The number of nitrogens with zero attached hydrogens (tertiary/aromatic N) is 2. The molecule has 15 heavy (non-hydrogen) atoms. The maximum atomic E-state index is 12.1.